The topological polar surface area (TPSA) is 47.6 Å². The van der Waals surface area contributed by atoms with E-state index < -0.39 is 0 Å². The molecule has 1 rings (SSSR count). The van der Waals surface area contributed by atoms with Crippen molar-refractivity contribution < 1.29 is 14.3 Å². The normalized spacial score (nSPS) is 12.1. The van der Waals surface area contributed by atoms with E-state index in [9.17, 15) is 4.79 Å². The van der Waals surface area contributed by atoms with Crippen molar-refractivity contribution in [2.24, 2.45) is 5.92 Å². The lowest BCUT2D eigenvalue weighted by atomic mass is 10.1. The molecular weight excluding hydrogens is 230 g/mol. The molecule has 0 radical (unpaired) electrons. The maximum Gasteiger partial charge on any atom is 0.258 e. The van der Waals surface area contributed by atoms with Crippen LogP contribution in [0.15, 0.2) is 24.3 Å². The molecular formula is C14H21NO3. The summed E-state index contributed by atoms with van der Waals surface area (Å²) in [4.78, 5) is 11.6. The number of methoxy groups -OCH3 is 1. The van der Waals surface area contributed by atoms with Gasteiger partial charge in [0, 0.05) is 12.1 Å². The second-order valence-electron chi connectivity index (χ2n) is 4.57. The average Bonchev–Trinajstić information content (AvgIpc) is 2.36. The molecule has 1 N–H and O–H groups in total. The molecule has 0 aromatic heterocycles. The van der Waals surface area contributed by atoms with Crippen molar-refractivity contribution in [2.45, 2.75) is 26.8 Å². The number of benzene rings is 1. The quantitative estimate of drug-likeness (QED) is 0.843. The molecule has 0 aliphatic heterocycles. The van der Waals surface area contributed by atoms with Crippen LogP contribution < -0.4 is 14.8 Å². The zero-order valence-corrected chi connectivity index (χ0v) is 11.4. The fourth-order valence-corrected chi connectivity index (χ4v) is 1.30. The summed E-state index contributed by atoms with van der Waals surface area (Å²) in [6.45, 7) is 6.13. The van der Waals surface area contributed by atoms with E-state index in [4.69, 9.17) is 9.47 Å². The van der Waals surface area contributed by atoms with Crippen LogP contribution in [-0.4, -0.2) is 25.7 Å². The van der Waals surface area contributed by atoms with Crippen molar-refractivity contribution in [3.63, 3.8) is 0 Å². The highest BCUT2D eigenvalue weighted by atomic mass is 16.5. The van der Waals surface area contributed by atoms with Crippen LogP contribution in [0, 0.1) is 5.92 Å². The van der Waals surface area contributed by atoms with Crippen LogP contribution in [0.2, 0.25) is 0 Å². The van der Waals surface area contributed by atoms with Crippen molar-refractivity contribution >= 4 is 5.91 Å². The molecule has 0 bridgehead atoms. The van der Waals surface area contributed by atoms with Crippen LogP contribution >= 0.6 is 0 Å². The Balaban J connectivity index is 2.42. The number of rotatable bonds is 6. The van der Waals surface area contributed by atoms with Crippen molar-refractivity contribution in [3.8, 4) is 11.5 Å². The van der Waals surface area contributed by atoms with Gasteiger partial charge in [-0.25, -0.2) is 0 Å². The summed E-state index contributed by atoms with van der Waals surface area (Å²) >= 11 is 0. The number of hydrogen-bond acceptors (Lipinski definition) is 3. The number of hydrogen-bond donors (Lipinski definition) is 1. The molecule has 0 aliphatic carbocycles. The molecule has 4 nitrogen and oxygen atoms in total. The van der Waals surface area contributed by atoms with Crippen LogP contribution in [-0.2, 0) is 4.79 Å². The van der Waals surface area contributed by atoms with Crippen molar-refractivity contribution in [1.29, 1.82) is 0 Å². The number of amides is 1. The molecule has 18 heavy (non-hydrogen) atoms. The van der Waals surface area contributed by atoms with E-state index in [2.05, 4.69) is 19.2 Å². The van der Waals surface area contributed by atoms with Crippen LogP contribution in [0.1, 0.15) is 20.8 Å². The number of nitrogens with one attached hydrogen (secondary N) is 1. The first-order valence-electron chi connectivity index (χ1n) is 6.09. The standard InChI is InChI=1S/C14H21NO3/c1-10(2)11(3)15-14(16)9-18-13-7-5-6-12(8-13)17-4/h5-8,10-11H,9H2,1-4H3,(H,15,16). The minimum absolute atomic E-state index is 0.0181. The molecule has 0 heterocycles. The maximum atomic E-state index is 11.6. The van der Waals surface area contributed by atoms with Gasteiger partial charge in [0.2, 0.25) is 0 Å². The molecule has 0 aliphatic rings. The molecule has 4 heteroatoms. The van der Waals surface area contributed by atoms with Gasteiger partial charge >= 0.3 is 0 Å². The van der Waals surface area contributed by atoms with E-state index in [-0.39, 0.29) is 18.6 Å². The smallest absolute Gasteiger partial charge is 0.258 e. The first-order chi connectivity index (χ1) is 8.52. The van der Waals surface area contributed by atoms with Gasteiger partial charge in [0.15, 0.2) is 6.61 Å². The molecule has 0 saturated carbocycles. The third-order valence-corrected chi connectivity index (χ3v) is 2.80. The lowest BCUT2D eigenvalue weighted by molar-refractivity contribution is -0.124. The maximum absolute atomic E-state index is 11.6. The summed E-state index contributed by atoms with van der Waals surface area (Å²) in [6, 6.07) is 7.34. The minimum atomic E-state index is -0.112. The third kappa shape index (κ3) is 4.65. The van der Waals surface area contributed by atoms with Gasteiger partial charge in [-0.05, 0) is 25.0 Å². The molecule has 1 atom stereocenters. The van der Waals surface area contributed by atoms with Gasteiger partial charge in [-0.2, -0.15) is 0 Å². The van der Waals surface area contributed by atoms with Crippen molar-refractivity contribution in [2.75, 3.05) is 13.7 Å². The second kappa shape index (κ2) is 6.89. The van der Waals surface area contributed by atoms with Gasteiger partial charge in [-0.15, -0.1) is 0 Å². The van der Waals surface area contributed by atoms with Gasteiger partial charge in [0.25, 0.3) is 5.91 Å². The number of carbonyl (C=O) groups is 1. The van der Waals surface area contributed by atoms with E-state index in [1.54, 1.807) is 19.2 Å². The van der Waals surface area contributed by atoms with Crippen molar-refractivity contribution in [3.05, 3.63) is 24.3 Å². The van der Waals surface area contributed by atoms with E-state index in [0.29, 0.717) is 17.4 Å². The van der Waals surface area contributed by atoms with E-state index >= 15 is 0 Å². The fraction of sp³-hybridized carbons (Fsp3) is 0.500. The summed E-state index contributed by atoms with van der Waals surface area (Å²) in [7, 11) is 1.59. The van der Waals surface area contributed by atoms with Crippen LogP contribution in [0.3, 0.4) is 0 Å². The van der Waals surface area contributed by atoms with Gasteiger partial charge < -0.3 is 14.8 Å². The zero-order chi connectivity index (χ0) is 13.5. The summed E-state index contributed by atoms with van der Waals surface area (Å²) in [5.74, 6) is 1.63. The monoisotopic (exact) mass is 251 g/mol. The number of ether oxygens (including phenoxy) is 2. The summed E-state index contributed by atoms with van der Waals surface area (Å²) in [5.41, 5.74) is 0. The molecule has 1 aromatic rings. The van der Waals surface area contributed by atoms with Gasteiger partial charge in [-0.1, -0.05) is 19.9 Å². The Morgan fingerprint density at radius 1 is 1.28 bits per heavy atom. The molecule has 1 unspecified atom stereocenters. The highest BCUT2D eigenvalue weighted by Gasteiger charge is 2.11. The summed E-state index contributed by atoms with van der Waals surface area (Å²) < 4.78 is 10.5. The second-order valence-corrected chi connectivity index (χ2v) is 4.57. The Bertz CT molecular complexity index is 390. The van der Waals surface area contributed by atoms with Gasteiger partial charge in [0.05, 0.1) is 7.11 Å². The van der Waals surface area contributed by atoms with Crippen LogP contribution in [0.4, 0.5) is 0 Å². The predicted octanol–water partition coefficient (Wildman–Crippen LogP) is 2.23. The highest BCUT2D eigenvalue weighted by Crippen LogP contribution is 2.18. The molecule has 0 fully saturated rings. The average molecular weight is 251 g/mol. The SMILES string of the molecule is COc1cccc(OCC(=O)NC(C)C(C)C)c1. The fourth-order valence-electron chi connectivity index (χ4n) is 1.30. The number of carbonyl (C=O) groups excluding carboxylic acids is 1. The van der Waals surface area contributed by atoms with E-state index in [0.717, 1.165) is 0 Å². The summed E-state index contributed by atoms with van der Waals surface area (Å²) in [5, 5.41) is 2.88. The Kier molecular flexibility index (Phi) is 5.49. The van der Waals surface area contributed by atoms with Crippen LogP contribution in [0.25, 0.3) is 0 Å². The first kappa shape index (κ1) is 14.4. The lowest BCUT2D eigenvalue weighted by Crippen LogP contribution is -2.38. The zero-order valence-electron chi connectivity index (χ0n) is 11.4. The molecule has 1 aromatic carbocycles. The molecule has 0 saturated heterocycles. The molecule has 100 valence electrons. The Morgan fingerprint density at radius 3 is 2.56 bits per heavy atom. The lowest BCUT2D eigenvalue weighted by Gasteiger charge is -2.17. The Morgan fingerprint density at radius 2 is 1.94 bits per heavy atom. The minimum Gasteiger partial charge on any atom is -0.497 e. The summed E-state index contributed by atoms with van der Waals surface area (Å²) in [6.07, 6.45) is 0. The Hall–Kier alpha value is -1.71. The largest absolute Gasteiger partial charge is 0.497 e. The van der Waals surface area contributed by atoms with Crippen LogP contribution in [0.5, 0.6) is 11.5 Å². The van der Waals surface area contributed by atoms with Gasteiger partial charge in [-0.3, -0.25) is 4.79 Å². The first-order valence-corrected chi connectivity index (χ1v) is 6.09. The van der Waals surface area contributed by atoms with Crippen molar-refractivity contribution in [1.82, 2.24) is 5.32 Å². The molecule has 1 amide bonds. The Labute approximate surface area is 108 Å². The predicted molar refractivity (Wildman–Crippen MR) is 70.9 cm³/mol. The molecule has 0 spiro atoms. The van der Waals surface area contributed by atoms with E-state index in [1.807, 2.05) is 19.1 Å². The van der Waals surface area contributed by atoms with E-state index in [1.165, 1.54) is 0 Å². The third-order valence-electron chi connectivity index (χ3n) is 2.80. The van der Waals surface area contributed by atoms with Gasteiger partial charge in [0.1, 0.15) is 11.5 Å². The highest BCUT2D eigenvalue weighted by molar-refractivity contribution is 5.77.